The smallest absolute Gasteiger partial charge is 0.270 e. The van der Waals surface area contributed by atoms with Crippen molar-refractivity contribution in [3.63, 3.8) is 0 Å². The third kappa shape index (κ3) is 4.65. The van der Waals surface area contributed by atoms with Gasteiger partial charge < -0.3 is 14.6 Å². The lowest BCUT2D eigenvalue weighted by Crippen LogP contribution is -2.48. The molecule has 1 fully saturated rings. The first-order chi connectivity index (χ1) is 15.7. The van der Waals surface area contributed by atoms with Gasteiger partial charge in [0.1, 0.15) is 18.1 Å². The van der Waals surface area contributed by atoms with Gasteiger partial charge >= 0.3 is 0 Å². The number of carbonyl (C=O) groups excluding carboxylic acids is 1. The van der Waals surface area contributed by atoms with E-state index in [1.807, 2.05) is 65.6 Å². The molecule has 6 heteroatoms. The van der Waals surface area contributed by atoms with E-state index in [1.54, 1.807) is 6.20 Å². The largest absolute Gasteiger partial charge is 0.487 e. The van der Waals surface area contributed by atoms with E-state index in [0.717, 1.165) is 55.1 Å². The lowest BCUT2D eigenvalue weighted by molar-refractivity contribution is 0.0623. The van der Waals surface area contributed by atoms with Crippen molar-refractivity contribution in [3.05, 3.63) is 95.9 Å². The summed E-state index contributed by atoms with van der Waals surface area (Å²) in [7, 11) is 0. The summed E-state index contributed by atoms with van der Waals surface area (Å²) in [5, 5.41) is 1.07. The van der Waals surface area contributed by atoms with Crippen LogP contribution in [0.1, 0.15) is 21.7 Å². The number of pyridine rings is 1. The Morgan fingerprint density at radius 3 is 2.47 bits per heavy atom. The van der Waals surface area contributed by atoms with E-state index >= 15 is 0 Å². The van der Waals surface area contributed by atoms with E-state index < -0.39 is 0 Å². The summed E-state index contributed by atoms with van der Waals surface area (Å²) in [6.45, 7) is 4.54. The van der Waals surface area contributed by atoms with Crippen LogP contribution >= 0.6 is 0 Å². The summed E-state index contributed by atoms with van der Waals surface area (Å²) in [4.78, 5) is 24.7. The lowest BCUT2D eigenvalue weighted by atomic mass is 10.2. The predicted molar refractivity (Wildman–Crippen MR) is 124 cm³/mol. The predicted octanol–water partition coefficient (Wildman–Crippen LogP) is 4.10. The van der Waals surface area contributed by atoms with Gasteiger partial charge in [0.2, 0.25) is 0 Å². The molecule has 0 atom stereocenters. The highest BCUT2D eigenvalue weighted by Gasteiger charge is 2.23. The standard InChI is InChI=1S/C26H26N4O2/c31-26(25-17-21-5-1-2-7-24(21)28-25)30-15-13-29(14-16-30)18-20-8-10-23(11-9-20)32-19-22-6-3-4-12-27-22/h1-12,17,28H,13-16,18-19H2. The van der Waals surface area contributed by atoms with Crippen LogP contribution in [-0.2, 0) is 13.2 Å². The fourth-order valence-electron chi connectivity index (χ4n) is 4.06. The second-order valence-electron chi connectivity index (χ2n) is 8.09. The molecule has 2 aromatic carbocycles. The maximum atomic E-state index is 12.9. The van der Waals surface area contributed by atoms with Gasteiger partial charge in [-0.15, -0.1) is 0 Å². The summed E-state index contributed by atoms with van der Waals surface area (Å²) in [6.07, 6.45) is 1.77. The van der Waals surface area contributed by atoms with Crippen LogP contribution < -0.4 is 4.74 Å². The summed E-state index contributed by atoms with van der Waals surface area (Å²) >= 11 is 0. The van der Waals surface area contributed by atoms with Crippen LogP contribution in [0.5, 0.6) is 5.75 Å². The SMILES string of the molecule is O=C(c1cc2ccccc2[nH]1)N1CCN(Cc2ccc(OCc3ccccn3)cc2)CC1. The van der Waals surface area contributed by atoms with Crippen LogP contribution in [0.3, 0.4) is 0 Å². The van der Waals surface area contributed by atoms with E-state index in [4.69, 9.17) is 4.74 Å². The number of aromatic nitrogens is 2. The zero-order valence-corrected chi connectivity index (χ0v) is 17.9. The highest BCUT2D eigenvalue weighted by atomic mass is 16.5. The molecule has 1 N–H and O–H groups in total. The zero-order chi connectivity index (χ0) is 21.8. The monoisotopic (exact) mass is 426 g/mol. The number of H-pyrrole nitrogens is 1. The quantitative estimate of drug-likeness (QED) is 0.504. The van der Waals surface area contributed by atoms with Gasteiger partial charge in [0.05, 0.1) is 5.69 Å². The Morgan fingerprint density at radius 2 is 1.72 bits per heavy atom. The Balaban J connectivity index is 1.11. The van der Waals surface area contributed by atoms with Crippen molar-refractivity contribution in [2.45, 2.75) is 13.2 Å². The highest BCUT2D eigenvalue weighted by molar-refractivity contribution is 5.98. The molecule has 1 aliphatic rings. The minimum Gasteiger partial charge on any atom is -0.487 e. The number of fused-ring (bicyclic) bond motifs is 1. The van der Waals surface area contributed by atoms with E-state index in [2.05, 4.69) is 27.0 Å². The van der Waals surface area contributed by atoms with Gasteiger partial charge in [-0.2, -0.15) is 0 Å². The number of para-hydroxylation sites is 1. The molecule has 0 spiro atoms. The fraction of sp³-hybridized carbons (Fsp3) is 0.231. The highest BCUT2D eigenvalue weighted by Crippen LogP contribution is 2.18. The number of hydrogen-bond donors (Lipinski definition) is 1. The van der Waals surface area contributed by atoms with E-state index in [0.29, 0.717) is 12.3 Å². The first-order valence-electron chi connectivity index (χ1n) is 11.0. The third-order valence-corrected chi connectivity index (χ3v) is 5.86. The number of piperazine rings is 1. The number of amides is 1. The Labute approximate surface area is 187 Å². The molecule has 1 saturated heterocycles. The maximum absolute atomic E-state index is 12.9. The average Bonchev–Trinajstić information content (AvgIpc) is 3.29. The van der Waals surface area contributed by atoms with Crippen molar-refractivity contribution in [3.8, 4) is 5.75 Å². The lowest BCUT2D eigenvalue weighted by Gasteiger charge is -2.34. The Hall–Kier alpha value is -3.64. The van der Waals surface area contributed by atoms with Crippen LogP contribution in [0.2, 0.25) is 0 Å². The van der Waals surface area contributed by atoms with Crippen molar-refractivity contribution >= 4 is 16.8 Å². The van der Waals surface area contributed by atoms with E-state index in [9.17, 15) is 4.79 Å². The van der Waals surface area contributed by atoms with Crippen LogP contribution in [-0.4, -0.2) is 51.9 Å². The molecule has 1 aliphatic heterocycles. The van der Waals surface area contributed by atoms with Crippen molar-refractivity contribution in [1.29, 1.82) is 0 Å². The molecule has 1 amide bonds. The summed E-state index contributed by atoms with van der Waals surface area (Å²) in [6, 6.07) is 24.0. The Morgan fingerprint density at radius 1 is 0.938 bits per heavy atom. The molecule has 6 nitrogen and oxygen atoms in total. The fourth-order valence-corrected chi connectivity index (χ4v) is 4.06. The number of ether oxygens (including phenoxy) is 1. The third-order valence-electron chi connectivity index (χ3n) is 5.86. The Kier molecular flexibility index (Phi) is 5.85. The molecule has 0 aliphatic carbocycles. The Bertz CT molecular complexity index is 1150. The number of rotatable bonds is 6. The average molecular weight is 427 g/mol. The summed E-state index contributed by atoms with van der Waals surface area (Å²) in [5.74, 6) is 0.920. The molecular formula is C26H26N4O2. The molecule has 162 valence electrons. The van der Waals surface area contributed by atoms with Gasteiger partial charge in [0.25, 0.3) is 5.91 Å². The molecule has 0 saturated carbocycles. The van der Waals surface area contributed by atoms with Gasteiger partial charge in [-0.05, 0) is 42.0 Å². The van der Waals surface area contributed by atoms with Gasteiger partial charge in [-0.3, -0.25) is 14.7 Å². The maximum Gasteiger partial charge on any atom is 0.270 e. The van der Waals surface area contributed by atoms with Gasteiger partial charge in [0, 0.05) is 49.8 Å². The number of hydrogen-bond acceptors (Lipinski definition) is 4. The molecule has 0 unspecified atom stereocenters. The summed E-state index contributed by atoms with van der Waals surface area (Å²) in [5.41, 5.74) is 3.82. The molecule has 5 rings (SSSR count). The number of aromatic amines is 1. The van der Waals surface area contributed by atoms with E-state index in [-0.39, 0.29) is 5.91 Å². The molecule has 0 bridgehead atoms. The van der Waals surface area contributed by atoms with Crippen molar-refractivity contribution in [2.75, 3.05) is 26.2 Å². The van der Waals surface area contributed by atoms with Crippen molar-refractivity contribution in [2.24, 2.45) is 0 Å². The van der Waals surface area contributed by atoms with Crippen LogP contribution in [0, 0.1) is 0 Å². The molecular weight excluding hydrogens is 400 g/mol. The zero-order valence-electron chi connectivity index (χ0n) is 17.9. The second kappa shape index (κ2) is 9.24. The molecule has 0 radical (unpaired) electrons. The van der Waals surface area contributed by atoms with Gasteiger partial charge in [-0.25, -0.2) is 0 Å². The summed E-state index contributed by atoms with van der Waals surface area (Å²) < 4.78 is 5.82. The first kappa shape index (κ1) is 20.3. The van der Waals surface area contributed by atoms with Crippen LogP contribution in [0.4, 0.5) is 0 Å². The van der Waals surface area contributed by atoms with E-state index in [1.165, 1.54) is 5.56 Å². The van der Waals surface area contributed by atoms with Gasteiger partial charge in [0.15, 0.2) is 0 Å². The minimum absolute atomic E-state index is 0.0789. The van der Waals surface area contributed by atoms with Crippen LogP contribution in [0.15, 0.2) is 79.0 Å². The minimum atomic E-state index is 0.0789. The van der Waals surface area contributed by atoms with Crippen molar-refractivity contribution in [1.82, 2.24) is 19.8 Å². The van der Waals surface area contributed by atoms with Gasteiger partial charge in [-0.1, -0.05) is 36.4 Å². The topological polar surface area (TPSA) is 61.5 Å². The number of nitrogens with zero attached hydrogens (tertiary/aromatic N) is 3. The number of carbonyl (C=O) groups is 1. The normalized spacial score (nSPS) is 14.6. The van der Waals surface area contributed by atoms with Crippen LogP contribution in [0.25, 0.3) is 10.9 Å². The molecule has 2 aromatic heterocycles. The van der Waals surface area contributed by atoms with Crippen molar-refractivity contribution < 1.29 is 9.53 Å². The molecule has 32 heavy (non-hydrogen) atoms. The second-order valence-corrected chi connectivity index (χ2v) is 8.09. The first-order valence-corrected chi connectivity index (χ1v) is 11.0. The number of nitrogens with one attached hydrogen (secondary N) is 1. The molecule has 3 heterocycles. The molecule has 4 aromatic rings. The number of benzene rings is 2.